The summed E-state index contributed by atoms with van der Waals surface area (Å²) in [5, 5.41) is 9.73. The van der Waals surface area contributed by atoms with E-state index in [2.05, 4.69) is 0 Å². The van der Waals surface area contributed by atoms with Gasteiger partial charge >= 0.3 is 6.03 Å². The molecule has 0 bridgehead atoms. The van der Waals surface area contributed by atoms with Crippen LogP contribution in [0.1, 0.15) is 17.2 Å². The largest absolute Gasteiger partial charge is 0.508 e. The Morgan fingerprint density at radius 2 is 1.96 bits per heavy atom. The molecule has 1 N–H and O–H groups in total. The number of hydrogen-bond acceptors (Lipinski definition) is 2. The molecule has 25 heavy (non-hydrogen) atoms. The molecule has 1 heterocycles. The van der Waals surface area contributed by atoms with Crippen molar-refractivity contribution in [2.75, 3.05) is 20.6 Å². The zero-order chi connectivity index (χ0) is 18.1. The van der Waals surface area contributed by atoms with E-state index >= 15 is 0 Å². The summed E-state index contributed by atoms with van der Waals surface area (Å²) in [6.07, 6.45) is 1.73. The third-order valence-corrected chi connectivity index (χ3v) is 4.15. The van der Waals surface area contributed by atoms with Gasteiger partial charge in [-0.1, -0.05) is 18.2 Å². The molecule has 0 radical (unpaired) electrons. The summed E-state index contributed by atoms with van der Waals surface area (Å²) >= 11 is 0. The lowest BCUT2D eigenvalue weighted by molar-refractivity contribution is 0.170. The molecule has 0 spiro atoms. The van der Waals surface area contributed by atoms with E-state index in [-0.39, 0.29) is 23.9 Å². The highest BCUT2D eigenvalue weighted by molar-refractivity contribution is 5.82. The van der Waals surface area contributed by atoms with E-state index in [4.69, 9.17) is 0 Å². The number of halogens is 2. The van der Waals surface area contributed by atoms with E-state index in [1.165, 1.54) is 11.0 Å². The molecule has 0 aromatic heterocycles. The van der Waals surface area contributed by atoms with Crippen molar-refractivity contribution in [1.29, 1.82) is 0 Å². The molecule has 0 unspecified atom stereocenters. The number of urea groups is 1. The fourth-order valence-corrected chi connectivity index (χ4v) is 2.96. The third kappa shape index (κ3) is 3.33. The summed E-state index contributed by atoms with van der Waals surface area (Å²) in [6.45, 7) is 0.151. The maximum absolute atomic E-state index is 14.1. The lowest BCUT2D eigenvalue weighted by Crippen LogP contribution is -2.39. The molecule has 0 saturated carbocycles. The summed E-state index contributed by atoms with van der Waals surface area (Å²) < 4.78 is 27.7. The van der Waals surface area contributed by atoms with Gasteiger partial charge in [0.05, 0.1) is 6.04 Å². The second-order valence-electron chi connectivity index (χ2n) is 6.16. The zero-order valence-electron chi connectivity index (χ0n) is 13.9. The van der Waals surface area contributed by atoms with Gasteiger partial charge in [-0.2, -0.15) is 0 Å². The molecule has 2 aromatic carbocycles. The second-order valence-corrected chi connectivity index (χ2v) is 6.16. The number of phenols is 1. The summed E-state index contributed by atoms with van der Waals surface area (Å²) in [5.41, 5.74) is 1.36. The highest BCUT2D eigenvalue weighted by Gasteiger charge is 2.32. The van der Waals surface area contributed by atoms with Crippen molar-refractivity contribution >= 4 is 11.6 Å². The molecule has 3 rings (SSSR count). The minimum atomic E-state index is -0.540. The van der Waals surface area contributed by atoms with E-state index in [1.54, 1.807) is 43.3 Å². The van der Waals surface area contributed by atoms with E-state index in [0.29, 0.717) is 11.1 Å². The SMILES string of the molecule is CN(C)C(=O)N1CC(c2cc(F)ccc2F)=C[C@H]1c1cccc(O)c1. The van der Waals surface area contributed by atoms with Crippen LogP contribution in [0.5, 0.6) is 5.75 Å². The number of carbonyl (C=O) groups is 1. The molecular formula is C19H18F2N2O2. The Labute approximate surface area is 144 Å². The standard InChI is InChI=1S/C19H18F2N2O2/c1-22(2)19(25)23-11-13(16-10-14(20)6-7-17(16)21)9-18(23)12-4-3-5-15(24)8-12/h3-10,18,24H,11H2,1-2H3/t18-/m0/s1. The van der Waals surface area contributed by atoms with Crippen molar-refractivity contribution in [3.8, 4) is 5.75 Å². The summed E-state index contributed by atoms with van der Waals surface area (Å²) in [4.78, 5) is 15.5. The summed E-state index contributed by atoms with van der Waals surface area (Å²) in [6, 6.07) is 9.09. The molecule has 1 aliphatic heterocycles. The van der Waals surface area contributed by atoms with Crippen LogP contribution >= 0.6 is 0 Å². The first-order valence-electron chi connectivity index (χ1n) is 7.80. The van der Waals surface area contributed by atoms with Gasteiger partial charge in [-0.3, -0.25) is 0 Å². The first kappa shape index (κ1) is 17.0. The average Bonchev–Trinajstić information content (AvgIpc) is 3.01. The Bertz CT molecular complexity index is 849. The van der Waals surface area contributed by atoms with Gasteiger partial charge < -0.3 is 14.9 Å². The van der Waals surface area contributed by atoms with Crippen LogP contribution in [-0.2, 0) is 0 Å². The molecule has 0 saturated heterocycles. The van der Waals surface area contributed by atoms with Crippen molar-refractivity contribution in [2.24, 2.45) is 0 Å². The Hall–Kier alpha value is -2.89. The molecule has 1 atom stereocenters. The Balaban J connectivity index is 2.05. The highest BCUT2D eigenvalue weighted by Crippen LogP contribution is 2.37. The van der Waals surface area contributed by atoms with E-state index < -0.39 is 17.7 Å². The Morgan fingerprint density at radius 3 is 2.64 bits per heavy atom. The molecule has 2 amide bonds. The van der Waals surface area contributed by atoms with Crippen molar-refractivity contribution in [2.45, 2.75) is 6.04 Å². The normalized spacial score (nSPS) is 16.7. The van der Waals surface area contributed by atoms with Crippen molar-refractivity contribution in [3.63, 3.8) is 0 Å². The summed E-state index contributed by atoms with van der Waals surface area (Å²) in [5.74, 6) is -1.00. The quantitative estimate of drug-likeness (QED) is 0.901. The smallest absolute Gasteiger partial charge is 0.320 e. The summed E-state index contributed by atoms with van der Waals surface area (Å²) in [7, 11) is 3.26. The maximum Gasteiger partial charge on any atom is 0.320 e. The van der Waals surface area contributed by atoms with Crippen LogP contribution < -0.4 is 0 Å². The number of aromatic hydroxyl groups is 1. The van der Waals surface area contributed by atoms with Gasteiger partial charge in [-0.25, -0.2) is 13.6 Å². The highest BCUT2D eigenvalue weighted by atomic mass is 19.1. The van der Waals surface area contributed by atoms with Crippen molar-refractivity contribution < 1.29 is 18.7 Å². The van der Waals surface area contributed by atoms with Crippen molar-refractivity contribution in [3.05, 3.63) is 71.3 Å². The van der Waals surface area contributed by atoms with Gasteiger partial charge in [-0.15, -0.1) is 0 Å². The third-order valence-electron chi connectivity index (χ3n) is 4.15. The number of rotatable bonds is 2. The first-order chi connectivity index (χ1) is 11.9. The molecule has 130 valence electrons. The maximum atomic E-state index is 14.1. The monoisotopic (exact) mass is 344 g/mol. The molecule has 4 nitrogen and oxygen atoms in total. The number of nitrogens with zero attached hydrogens (tertiary/aromatic N) is 2. The number of amides is 2. The number of carbonyl (C=O) groups excluding carboxylic acids is 1. The first-order valence-corrected chi connectivity index (χ1v) is 7.80. The average molecular weight is 344 g/mol. The Kier molecular flexibility index (Phi) is 4.44. The van der Waals surface area contributed by atoms with Crippen LogP contribution in [0.4, 0.5) is 13.6 Å². The topological polar surface area (TPSA) is 43.8 Å². The van der Waals surface area contributed by atoms with Gasteiger partial charge in [0, 0.05) is 26.2 Å². The van der Waals surface area contributed by atoms with Crippen LogP contribution in [0, 0.1) is 11.6 Å². The molecule has 0 fully saturated rings. The van der Waals surface area contributed by atoms with Gasteiger partial charge in [0.2, 0.25) is 0 Å². The molecule has 0 aliphatic carbocycles. The molecule has 6 heteroatoms. The number of phenolic OH excluding ortho intramolecular Hbond substituents is 1. The minimum absolute atomic E-state index is 0.0774. The molecule has 2 aromatic rings. The predicted molar refractivity (Wildman–Crippen MR) is 91.0 cm³/mol. The minimum Gasteiger partial charge on any atom is -0.508 e. The van der Waals surface area contributed by atoms with Crippen molar-refractivity contribution in [1.82, 2.24) is 9.80 Å². The lowest BCUT2D eigenvalue weighted by Gasteiger charge is -2.28. The predicted octanol–water partition coefficient (Wildman–Crippen LogP) is 3.79. The fourth-order valence-electron chi connectivity index (χ4n) is 2.96. The van der Waals surface area contributed by atoms with Crippen LogP contribution in [0.25, 0.3) is 5.57 Å². The van der Waals surface area contributed by atoms with Gasteiger partial charge in [-0.05, 0) is 41.5 Å². The number of benzene rings is 2. The zero-order valence-corrected chi connectivity index (χ0v) is 13.9. The van der Waals surface area contributed by atoms with Gasteiger partial charge in [0.15, 0.2) is 0 Å². The van der Waals surface area contributed by atoms with Gasteiger partial charge in [0.25, 0.3) is 0 Å². The fraction of sp³-hybridized carbons (Fsp3) is 0.211. The lowest BCUT2D eigenvalue weighted by atomic mass is 10.0. The molecule has 1 aliphatic rings. The van der Waals surface area contributed by atoms with Crippen LogP contribution in [-0.4, -0.2) is 41.6 Å². The molecular weight excluding hydrogens is 326 g/mol. The van der Waals surface area contributed by atoms with Crippen LogP contribution in [0.2, 0.25) is 0 Å². The van der Waals surface area contributed by atoms with Crippen LogP contribution in [0.15, 0.2) is 48.5 Å². The number of hydrogen-bond donors (Lipinski definition) is 1. The van der Waals surface area contributed by atoms with E-state index in [9.17, 15) is 18.7 Å². The van der Waals surface area contributed by atoms with E-state index in [0.717, 1.165) is 18.2 Å². The van der Waals surface area contributed by atoms with Gasteiger partial charge in [0.1, 0.15) is 17.4 Å². The Morgan fingerprint density at radius 1 is 1.20 bits per heavy atom. The van der Waals surface area contributed by atoms with E-state index in [1.807, 2.05) is 0 Å². The second kappa shape index (κ2) is 6.55. The van der Waals surface area contributed by atoms with Crippen LogP contribution in [0.3, 0.4) is 0 Å².